The molecule has 0 spiro atoms. The lowest BCUT2D eigenvalue weighted by atomic mass is 9.74. The van der Waals surface area contributed by atoms with Crippen LogP contribution >= 0.6 is 0 Å². The average Bonchev–Trinajstić information content (AvgIpc) is 3.37. The van der Waals surface area contributed by atoms with E-state index < -0.39 is 0 Å². The Kier molecular flexibility index (Phi) is 4.28. The van der Waals surface area contributed by atoms with Crippen molar-refractivity contribution in [3.05, 3.63) is 42.1 Å². The molecule has 2 aliphatic heterocycles. The van der Waals surface area contributed by atoms with Gasteiger partial charge in [-0.25, -0.2) is 15.0 Å². The van der Waals surface area contributed by atoms with Crippen LogP contribution in [0.1, 0.15) is 31.3 Å². The number of hydrogen-bond donors (Lipinski definition) is 2. The Hall–Kier alpha value is -3.33. The minimum absolute atomic E-state index is 0.184. The maximum Gasteiger partial charge on any atom is 0.222 e. The van der Waals surface area contributed by atoms with Gasteiger partial charge in [-0.3, -0.25) is 9.48 Å². The van der Waals surface area contributed by atoms with Crippen LogP contribution in [0.15, 0.2) is 30.6 Å². The van der Waals surface area contributed by atoms with Crippen LogP contribution < -0.4 is 10.6 Å². The van der Waals surface area contributed by atoms with Gasteiger partial charge >= 0.3 is 0 Å². The summed E-state index contributed by atoms with van der Waals surface area (Å²) < 4.78 is 7.73. The fourth-order valence-corrected chi connectivity index (χ4v) is 4.18. The van der Waals surface area contributed by atoms with Crippen LogP contribution in [0.4, 0.5) is 17.3 Å². The third-order valence-electron chi connectivity index (χ3n) is 5.55. The van der Waals surface area contributed by atoms with Crippen LogP contribution in [0, 0.1) is 12.8 Å². The fraction of sp³-hybridized carbons (Fsp3) is 0.381. The highest BCUT2D eigenvalue weighted by Gasteiger charge is 2.55. The number of fused-ring (bicyclic) bond motifs is 1. The molecule has 6 rings (SSSR count). The summed E-state index contributed by atoms with van der Waals surface area (Å²) in [4.78, 5) is 25.3. The molecule has 30 heavy (non-hydrogen) atoms. The van der Waals surface area contributed by atoms with Gasteiger partial charge in [-0.15, -0.1) is 0 Å². The van der Waals surface area contributed by atoms with Crippen LogP contribution in [0.25, 0.3) is 11.3 Å². The van der Waals surface area contributed by atoms with Gasteiger partial charge in [0.2, 0.25) is 5.91 Å². The van der Waals surface area contributed by atoms with Gasteiger partial charge in [0.05, 0.1) is 18.0 Å². The number of carbonyl (C=O) groups is 1. The second-order valence-electron chi connectivity index (χ2n) is 8.09. The van der Waals surface area contributed by atoms with Crippen LogP contribution in [0.2, 0.25) is 0 Å². The maximum atomic E-state index is 11.5. The van der Waals surface area contributed by atoms with Gasteiger partial charge in [0.15, 0.2) is 5.82 Å². The summed E-state index contributed by atoms with van der Waals surface area (Å²) in [5, 5.41) is 10.6. The number of amides is 1. The summed E-state index contributed by atoms with van der Waals surface area (Å²) in [7, 11) is 1.86. The Balaban J connectivity index is 1.53. The van der Waals surface area contributed by atoms with Crippen molar-refractivity contribution in [1.82, 2.24) is 24.7 Å². The van der Waals surface area contributed by atoms with E-state index in [0.29, 0.717) is 17.6 Å². The van der Waals surface area contributed by atoms with E-state index in [1.54, 1.807) is 16.9 Å². The molecule has 2 saturated heterocycles. The molecule has 3 fully saturated rings. The molecule has 9 heteroatoms. The lowest BCUT2D eigenvalue weighted by Crippen LogP contribution is -2.35. The number of rotatable bonds is 5. The van der Waals surface area contributed by atoms with E-state index in [-0.39, 0.29) is 11.5 Å². The van der Waals surface area contributed by atoms with Gasteiger partial charge in [0.25, 0.3) is 0 Å². The largest absolute Gasteiger partial charge is 0.367 e. The molecule has 1 saturated carbocycles. The van der Waals surface area contributed by atoms with E-state index in [9.17, 15) is 4.79 Å². The molecule has 0 atom stereocenters. The van der Waals surface area contributed by atoms with Gasteiger partial charge in [-0.1, -0.05) is 0 Å². The molecule has 3 aliphatic rings. The van der Waals surface area contributed by atoms with E-state index >= 15 is 0 Å². The highest BCUT2D eigenvalue weighted by molar-refractivity contribution is 5.89. The molecular weight excluding hydrogens is 382 g/mol. The zero-order chi connectivity index (χ0) is 20.9. The Morgan fingerprint density at radius 1 is 1.27 bits per heavy atom. The molecule has 1 amide bonds. The fourth-order valence-electron chi connectivity index (χ4n) is 4.18. The molecule has 1 aliphatic carbocycles. The van der Waals surface area contributed by atoms with Crippen molar-refractivity contribution >= 4 is 23.2 Å². The quantitative estimate of drug-likeness (QED) is 0.672. The number of nitrogens with zero attached hydrogens (tertiary/aromatic N) is 5. The molecule has 0 unspecified atom stereocenters. The molecule has 154 valence electrons. The SMILES string of the molecule is CC(=O)Nc1cc(Nc2cc(C)nc(C34CC(CO3)C4)n2)c(-c2ccn(C)n2)cn1. The highest BCUT2D eigenvalue weighted by Crippen LogP contribution is 2.54. The molecule has 5 heterocycles. The molecular formula is C21H23N7O2. The van der Waals surface area contributed by atoms with Gasteiger partial charge in [-0.2, -0.15) is 5.10 Å². The zero-order valence-corrected chi connectivity index (χ0v) is 17.1. The number of nitrogens with one attached hydrogen (secondary N) is 2. The summed E-state index contributed by atoms with van der Waals surface area (Å²) in [5.74, 6) is 2.30. The summed E-state index contributed by atoms with van der Waals surface area (Å²) in [6.45, 7) is 4.19. The molecule has 2 bridgehead atoms. The van der Waals surface area contributed by atoms with Gasteiger partial charge in [0.1, 0.15) is 17.2 Å². The standard InChI is InChI=1S/C21H23N7O2/c1-12-6-19(26-20(23-12)21-8-14(9-21)11-30-21)25-17-7-18(24-13(2)29)22-10-15(17)16-4-5-28(3)27-16/h4-7,10,14H,8-9,11H2,1-3H3,(H2,22,23,24,25,26,29). The maximum absolute atomic E-state index is 11.5. The summed E-state index contributed by atoms with van der Waals surface area (Å²) in [6, 6.07) is 5.59. The Bertz CT molecular complexity index is 1130. The van der Waals surface area contributed by atoms with Crippen LogP contribution in [0.3, 0.4) is 0 Å². The molecule has 9 nitrogen and oxygen atoms in total. The number of hydrogen-bond acceptors (Lipinski definition) is 7. The smallest absolute Gasteiger partial charge is 0.222 e. The van der Waals surface area contributed by atoms with Gasteiger partial charge < -0.3 is 15.4 Å². The molecule has 0 aromatic carbocycles. The predicted molar refractivity (Wildman–Crippen MR) is 111 cm³/mol. The first kappa shape index (κ1) is 18.7. The van der Waals surface area contributed by atoms with E-state index in [1.165, 1.54) is 6.92 Å². The number of carbonyl (C=O) groups excluding carboxylic acids is 1. The first-order chi connectivity index (χ1) is 14.4. The second kappa shape index (κ2) is 6.88. The summed E-state index contributed by atoms with van der Waals surface area (Å²) in [6.07, 6.45) is 5.53. The van der Waals surface area contributed by atoms with Crippen molar-refractivity contribution < 1.29 is 9.53 Å². The second-order valence-corrected chi connectivity index (χ2v) is 8.09. The first-order valence-corrected chi connectivity index (χ1v) is 9.95. The summed E-state index contributed by atoms with van der Waals surface area (Å²) >= 11 is 0. The van der Waals surface area contributed by atoms with E-state index in [2.05, 4.69) is 25.7 Å². The van der Waals surface area contributed by atoms with Crippen molar-refractivity contribution in [3.63, 3.8) is 0 Å². The predicted octanol–water partition coefficient (Wildman–Crippen LogP) is 2.92. The number of pyridine rings is 1. The van der Waals surface area contributed by atoms with Crippen molar-refractivity contribution in [2.45, 2.75) is 32.3 Å². The van der Waals surface area contributed by atoms with Crippen molar-refractivity contribution in [1.29, 1.82) is 0 Å². The van der Waals surface area contributed by atoms with Crippen molar-refractivity contribution in [3.8, 4) is 11.3 Å². The molecule has 2 N–H and O–H groups in total. The third-order valence-corrected chi connectivity index (χ3v) is 5.55. The lowest BCUT2D eigenvalue weighted by Gasteiger charge is -2.34. The Morgan fingerprint density at radius 2 is 2.10 bits per heavy atom. The van der Waals surface area contributed by atoms with Crippen molar-refractivity contribution in [2.75, 3.05) is 17.2 Å². The molecule has 3 aromatic rings. The summed E-state index contributed by atoms with van der Waals surface area (Å²) in [5.41, 5.74) is 2.85. The number of aromatic nitrogens is 5. The lowest BCUT2D eigenvalue weighted by molar-refractivity contribution is -0.114. The molecule has 0 radical (unpaired) electrons. The van der Waals surface area contributed by atoms with Crippen LogP contribution in [-0.2, 0) is 22.2 Å². The number of ether oxygens (including phenoxy) is 1. The van der Waals surface area contributed by atoms with Gasteiger partial charge in [0, 0.05) is 49.8 Å². The van der Waals surface area contributed by atoms with E-state index in [1.807, 2.05) is 32.3 Å². The highest BCUT2D eigenvalue weighted by atomic mass is 16.5. The average molecular weight is 405 g/mol. The Morgan fingerprint density at radius 3 is 2.77 bits per heavy atom. The van der Waals surface area contributed by atoms with E-state index in [4.69, 9.17) is 9.72 Å². The number of aryl methyl sites for hydroxylation is 2. The van der Waals surface area contributed by atoms with E-state index in [0.717, 1.165) is 47.9 Å². The topological polar surface area (TPSA) is 107 Å². The third kappa shape index (κ3) is 3.30. The normalized spacial score (nSPS) is 21.9. The minimum Gasteiger partial charge on any atom is -0.367 e. The van der Waals surface area contributed by atoms with Crippen molar-refractivity contribution in [2.24, 2.45) is 13.0 Å². The zero-order valence-electron chi connectivity index (χ0n) is 17.1. The molecule has 3 aromatic heterocycles. The monoisotopic (exact) mass is 405 g/mol. The van der Waals surface area contributed by atoms with Crippen LogP contribution in [-0.4, -0.2) is 37.2 Å². The van der Waals surface area contributed by atoms with Crippen LogP contribution in [0.5, 0.6) is 0 Å². The number of anilines is 3. The Labute approximate surface area is 173 Å². The first-order valence-electron chi connectivity index (χ1n) is 9.95. The van der Waals surface area contributed by atoms with Gasteiger partial charge in [-0.05, 0) is 31.7 Å². The minimum atomic E-state index is -0.337.